The number of amides is 1. The molecule has 190 valence electrons. The summed E-state index contributed by atoms with van der Waals surface area (Å²) in [5.41, 5.74) is 3.92. The van der Waals surface area contributed by atoms with Crippen LogP contribution in [0.5, 0.6) is 11.6 Å². The fourth-order valence-electron chi connectivity index (χ4n) is 4.56. The van der Waals surface area contributed by atoms with Gasteiger partial charge in [0.15, 0.2) is 0 Å². The van der Waals surface area contributed by atoms with Crippen LogP contribution in [0.15, 0.2) is 12.1 Å². The lowest BCUT2D eigenvalue weighted by molar-refractivity contribution is 0.0534. The molecular weight excluding hydrogens is 491 g/mol. The van der Waals surface area contributed by atoms with E-state index < -0.39 is 0 Å². The van der Waals surface area contributed by atoms with E-state index in [1.165, 1.54) is 0 Å². The lowest BCUT2D eigenvalue weighted by Gasteiger charge is -2.31. The van der Waals surface area contributed by atoms with Crippen molar-refractivity contribution in [3.8, 4) is 11.6 Å². The molecule has 2 aliphatic heterocycles. The lowest BCUT2D eigenvalue weighted by atomic mass is 9.97. The quantitative estimate of drug-likeness (QED) is 0.471. The standard InChI is InChI=1S/C26H32Cl2N2O5/c1-4-5-8-33-25-20(15(2)9-16(3)29-25)12-30-7-6-19-21(27)11-22(24(28)23(19)26(30)32)35-18-10-17(13-31)34-14-18/h9,11,17-18,31H,4-8,10,12-14H2,1-3H3/t17-,18-/m1/s1. The third-order valence-corrected chi connectivity index (χ3v) is 7.19. The van der Waals surface area contributed by atoms with Gasteiger partial charge >= 0.3 is 0 Å². The molecule has 1 amide bonds. The lowest BCUT2D eigenvalue weighted by Crippen LogP contribution is -2.38. The van der Waals surface area contributed by atoms with Crippen molar-refractivity contribution in [1.29, 1.82) is 0 Å². The Morgan fingerprint density at radius 2 is 2.09 bits per heavy atom. The van der Waals surface area contributed by atoms with Gasteiger partial charge in [-0.2, -0.15) is 0 Å². The molecule has 1 aromatic heterocycles. The summed E-state index contributed by atoms with van der Waals surface area (Å²) in [7, 11) is 0. The minimum atomic E-state index is -0.266. The molecule has 0 bridgehead atoms. The van der Waals surface area contributed by atoms with E-state index in [1.807, 2.05) is 19.9 Å². The van der Waals surface area contributed by atoms with E-state index in [4.69, 9.17) is 37.4 Å². The van der Waals surface area contributed by atoms with Gasteiger partial charge in [-0.25, -0.2) is 4.98 Å². The van der Waals surface area contributed by atoms with Gasteiger partial charge in [-0.15, -0.1) is 0 Å². The maximum atomic E-state index is 13.6. The molecule has 1 saturated heterocycles. The zero-order valence-electron chi connectivity index (χ0n) is 20.4. The molecule has 2 aromatic rings. The molecule has 0 spiro atoms. The second kappa shape index (κ2) is 11.3. The van der Waals surface area contributed by atoms with E-state index in [9.17, 15) is 9.90 Å². The number of carbonyl (C=O) groups excluding carboxylic acids is 1. The Kier molecular flexibility index (Phi) is 8.42. The molecule has 9 heteroatoms. The van der Waals surface area contributed by atoms with Crippen LogP contribution in [0, 0.1) is 13.8 Å². The minimum Gasteiger partial charge on any atom is -0.486 e. The van der Waals surface area contributed by atoms with E-state index in [-0.39, 0.29) is 29.7 Å². The van der Waals surface area contributed by atoms with Crippen LogP contribution in [0.2, 0.25) is 10.0 Å². The summed E-state index contributed by atoms with van der Waals surface area (Å²) in [6.07, 6.45) is 2.57. The predicted octanol–water partition coefficient (Wildman–Crippen LogP) is 4.91. The number of aryl methyl sites for hydroxylation is 2. The van der Waals surface area contributed by atoms with Gasteiger partial charge < -0.3 is 24.2 Å². The number of unbranched alkanes of at least 4 members (excludes halogenated alkanes) is 1. The van der Waals surface area contributed by atoms with Crippen LogP contribution in [0.25, 0.3) is 0 Å². The Morgan fingerprint density at radius 3 is 2.80 bits per heavy atom. The number of hydrogen-bond acceptors (Lipinski definition) is 6. The predicted molar refractivity (Wildman–Crippen MR) is 135 cm³/mol. The van der Waals surface area contributed by atoms with Crippen molar-refractivity contribution in [3.05, 3.63) is 50.1 Å². The first kappa shape index (κ1) is 26.0. The van der Waals surface area contributed by atoms with E-state index >= 15 is 0 Å². The van der Waals surface area contributed by atoms with E-state index in [1.54, 1.807) is 11.0 Å². The van der Waals surface area contributed by atoms with E-state index in [0.29, 0.717) is 61.4 Å². The van der Waals surface area contributed by atoms with Crippen LogP contribution in [-0.4, -0.2) is 59.5 Å². The highest BCUT2D eigenvalue weighted by Gasteiger charge is 2.33. The normalized spacial score (nSPS) is 19.7. The maximum Gasteiger partial charge on any atom is 0.256 e. The third-order valence-electron chi connectivity index (χ3n) is 6.48. The van der Waals surface area contributed by atoms with Gasteiger partial charge in [0.1, 0.15) is 11.9 Å². The summed E-state index contributed by atoms with van der Waals surface area (Å²) in [4.78, 5) is 20.0. The molecule has 4 rings (SSSR count). The first-order valence-corrected chi connectivity index (χ1v) is 12.9. The number of hydrogen-bond donors (Lipinski definition) is 1. The molecule has 3 heterocycles. The van der Waals surface area contributed by atoms with Gasteiger partial charge in [0.05, 0.1) is 43.1 Å². The van der Waals surface area contributed by atoms with Crippen LogP contribution >= 0.6 is 23.2 Å². The first-order valence-electron chi connectivity index (χ1n) is 12.1. The van der Waals surface area contributed by atoms with Crippen molar-refractivity contribution < 1.29 is 24.1 Å². The smallest absolute Gasteiger partial charge is 0.256 e. The van der Waals surface area contributed by atoms with Crippen LogP contribution in [-0.2, 0) is 17.7 Å². The number of aliphatic hydroxyl groups excluding tert-OH is 1. The summed E-state index contributed by atoms with van der Waals surface area (Å²) in [6.45, 7) is 7.80. The van der Waals surface area contributed by atoms with Crippen LogP contribution in [0.3, 0.4) is 0 Å². The van der Waals surface area contributed by atoms with Crippen molar-refractivity contribution in [1.82, 2.24) is 9.88 Å². The summed E-state index contributed by atoms with van der Waals surface area (Å²) < 4.78 is 17.5. The molecule has 0 saturated carbocycles. The van der Waals surface area contributed by atoms with Gasteiger partial charge in [-0.05, 0) is 43.9 Å². The number of halogens is 2. The molecule has 1 aromatic carbocycles. The summed E-state index contributed by atoms with van der Waals surface area (Å²) in [5, 5.41) is 10.0. The molecule has 0 radical (unpaired) electrons. The minimum absolute atomic E-state index is 0.0661. The summed E-state index contributed by atoms with van der Waals surface area (Å²) in [5.74, 6) is 0.740. The number of benzene rings is 1. The summed E-state index contributed by atoms with van der Waals surface area (Å²) in [6, 6.07) is 3.68. The van der Waals surface area contributed by atoms with Crippen molar-refractivity contribution >= 4 is 29.1 Å². The van der Waals surface area contributed by atoms with Crippen molar-refractivity contribution in [3.63, 3.8) is 0 Å². The van der Waals surface area contributed by atoms with Crippen LogP contribution in [0.4, 0.5) is 0 Å². The molecule has 0 aliphatic carbocycles. The Balaban J connectivity index is 1.59. The Bertz CT molecular complexity index is 1090. The number of aromatic nitrogens is 1. The molecule has 2 aliphatic rings. The number of nitrogens with zero attached hydrogens (tertiary/aromatic N) is 2. The Hall–Kier alpha value is -2.06. The Morgan fingerprint density at radius 1 is 1.29 bits per heavy atom. The largest absolute Gasteiger partial charge is 0.486 e. The second-order valence-corrected chi connectivity index (χ2v) is 9.97. The van der Waals surface area contributed by atoms with Gasteiger partial charge in [0.2, 0.25) is 5.88 Å². The van der Waals surface area contributed by atoms with Crippen molar-refractivity contribution in [2.45, 2.75) is 65.2 Å². The van der Waals surface area contributed by atoms with Crippen LogP contribution < -0.4 is 9.47 Å². The number of rotatable bonds is 9. The monoisotopic (exact) mass is 522 g/mol. The average molecular weight is 523 g/mol. The van der Waals surface area contributed by atoms with E-state index in [2.05, 4.69) is 11.9 Å². The number of pyridine rings is 1. The number of aliphatic hydroxyl groups is 1. The zero-order valence-corrected chi connectivity index (χ0v) is 21.9. The van der Waals surface area contributed by atoms with Crippen LogP contribution in [0.1, 0.15) is 58.9 Å². The topological polar surface area (TPSA) is 81.1 Å². The zero-order chi connectivity index (χ0) is 25.1. The number of ether oxygens (including phenoxy) is 3. The molecule has 1 N–H and O–H groups in total. The average Bonchev–Trinajstić information content (AvgIpc) is 3.28. The second-order valence-electron chi connectivity index (χ2n) is 9.18. The van der Waals surface area contributed by atoms with Gasteiger partial charge in [0, 0.05) is 35.3 Å². The molecule has 7 nitrogen and oxygen atoms in total. The number of fused-ring (bicyclic) bond motifs is 1. The molecule has 1 fully saturated rings. The highest BCUT2D eigenvalue weighted by Crippen LogP contribution is 2.40. The SMILES string of the molecule is CCCCOc1nc(C)cc(C)c1CN1CCc2c(Cl)cc(O[C@H]3CO[C@@H](CO)C3)c(Cl)c2C1=O. The summed E-state index contributed by atoms with van der Waals surface area (Å²) >= 11 is 13.3. The highest BCUT2D eigenvalue weighted by atomic mass is 35.5. The van der Waals surface area contributed by atoms with Gasteiger partial charge in [-0.3, -0.25) is 4.79 Å². The van der Waals surface area contributed by atoms with Crippen molar-refractivity contribution in [2.24, 2.45) is 0 Å². The van der Waals surface area contributed by atoms with Gasteiger partial charge in [-0.1, -0.05) is 36.5 Å². The Labute approximate surface area is 216 Å². The van der Waals surface area contributed by atoms with E-state index in [0.717, 1.165) is 35.2 Å². The first-order chi connectivity index (χ1) is 16.8. The fraction of sp³-hybridized carbons (Fsp3) is 0.538. The molecule has 2 atom stereocenters. The maximum absolute atomic E-state index is 13.6. The number of carbonyl (C=O) groups is 1. The highest BCUT2D eigenvalue weighted by molar-refractivity contribution is 6.38. The molecule has 0 unspecified atom stereocenters. The molecule has 35 heavy (non-hydrogen) atoms. The third kappa shape index (κ3) is 5.69. The molecular formula is C26H32Cl2N2O5. The fourth-order valence-corrected chi connectivity index (χ4v) is 5.14. The van der Waals surface area contributed by atoms with Crippen molar-refractivity contribution in [2.75, 3.05) is 26.4 Å². The van der Waals surface area contributed by atoms with Gasteiger partial charge in [0.25, 0.3) is 5.91 Å².